The highest BCUT2D eigenvalue weighted by Gasteiger charge is 2.37. The molecule has 0 aliphatic rings. The van der Waals surface area contributed by atoms with Crippen molar-refractivity contribution in [2.24, 2.45) is 0 Å². The van der Waals surface area contributed by atoms with E-state index in [1.807, 2.05) is 17.5 Å². The van der Waals surface area contributed by atoms with Gasteiger partial charge in [0.05, 0.1) is 0 Å². The highest BCUT2D eigenvalue weighted by Crippen LogP contribution is 2.26. The minimum Gasteiger partial charge on any atom is -0.480 e. The van der Waals surface area contributed by atoms with E-state index < -0.39 is 11.5 Å². The van der Waals surface area contributed by atoms with Gasteiger partial charge in [-0.05, 0) is 32.2 Å². The summed E-state index contributed by atoms with van der Waals surface area (Å²) >= 11 is 1.65. The van der Waals surface area contributed by atoms with E-state index >= 15 is 0 Å². The van der Waals surface area contributed by atoms with Crippen LogP contribution in [0.3, 0.4) is 0 Å². The topological polar surface area (TPSA) is 69.6 Å². The number of carboxylic acid groups (broad SMARTS) is 1. The van der Waals surface area contributed by atoms with Gasteiger partial charge in [0.2, 0.25) is 0 Å². The smallest absolute Gasteiger partial charge is 0.329 e. The lowest BCUT2D eigenvalue weighted by molar-refractivity contribution is -0.147. The predicted molar refractivity (Wildman–Crippen MR) is 84.8 cm³/mol. The van der Waals surface area contributed by atoms with Gasteiger partial charge in [-0.3, -0.25) is 0 Å². The quantitative estimate of drug-likeness (QED) is 0.848. The molecule has 1 aromatic rings. The van der Waals surface area contributed by atoms with Crippen LogP contribution >= 0.6 is 11.3 Å². The third kappa shape index (κ3) is 3.97. The predicted octanol–water partition coefficient (Wildman–Crippen LogP) is 2.92. The van der Waals surface area contributed by atoms with Crippen molar-refractivity contribution in [2.45, 2.75) is 45.6 Å². The normalized spacial score (nSPS) is 12.0. The maximum Gasteiger partial charge on any atom is 0.329 e. The molecule has 5 nitrogen and oxygen atoms in total. The van der Waals surface area contributed by atoms with Crippen LogP contribution in [0.5, 0.6) is 0 Å². The molecule has 1 rings (SSSR count). The summed E-state index contributed by atoms with van der Waals surface area (Å²) in [5.74, 6) is -1.02. The van der Waals surface area contributed by atoms with Crippen LogP contribution in [0.4, 0.5) is 4.79 Å². The number of likely N-dealkylation sites (N-methyl/N-ethyl adjacent to an activating group) is 1. The Kier molecular flexibility index (Phi) is 5.39. The Morgan fingerprint density at radius 2 is 1.95 bits per heavy atom. The summed E-state index contributed by atoms with van der Waals surface area (Å²) in [5.41, 5.74) is -1.41. The first-order chi connectivity index (χ1) is 9.63. The van der Waals surface area contributed by atoms with Crippen LogP contribution in [0.15, 0.2) is 17.5 Å². The molecule has 6 heteroatoms. The number of nitrogens with one attached hydrogen (secondary N) is 1. The largest absolute Gasteiger partial charge is 0.480 e. The van der Waals surface area contributed by atoms with Crippen molar-refractivity contribution in [3.63, 3.8) is 0 Å². The van der Waals surface area contributed by atoms with Crippen molar-refractivity contribution in [2.75, 3.05) is 13.1 Å². The summed E-state index contributed by atoms with van der Waals surface area (Å²) in [5, 5.41) is 14.1. The van der Waals surface area contributed by atoms with Crippen LogP contribution in [0, 0.1) is 0 Å². The monoisotopic (exact) mass is 312 g/mol. The zero-order valence-corrected chi connectivity index (χ0v) is 14.1. The van der Waals surface area contributed by atoms with Gasteiger partial charge in [0, 0.05) is 23.4 Å². The Balaban J connectivity index is 2.74. The number of hydrogen-bond donors (Lipinski definition) is 2. The molecule has 1 aromatic heterocycles. The summed E-state index contributed by atoms with van der Waals surface area (Å²) in [6, 6.07) is 3.67. The fourth-order valence-corrected chi connectivity index (χ4v) is 2.90. The number of urea groups is 1. The molecular weight excluding hydrogens is 288 g/mol. The second-order valence-electron chi connectivity index (χ2n) is 6.13. The number of carboxylic acids is 1. The Morgan fingerprint density at radius 3 is 2.38 bits per heavy atom. The average molecular weight is 312 g/mol. The molecule has 118 valence electrons. The van der Waals surface area contributed by atoms with E-state index in [0.717, 1.165) is 0 Å². The van der Waals surface area contributed by atoms with Gasteiger partial charge in [-0.1, -0.05) is 19.9 Å². The number of thiophene rings is 1. The van der Waals surface area contributed by atoms with Gasteiger partial charge in [0.15, 0.2) is 0 Å². The molecule has 0 aromatic carbocycles. The number of nitrogens with zero attached hydrogens (tertiary/aromatic N) is 1. The minimum absolute atomic E-state index is 0.184. The molecule has 21 heavy (non-hydrogen) atoms. The van der Waals surface area contributed by atoms with Crippen molar-refractivity contribution in [1.82, 2.24) is 10.2 Å². The molecule has 0 saturated carbocycles. The first-order valence-corrected chi connectivity index (χ1v) is 7.83. The van der Waals surface area contributed by atoms with Crippen LogP contribution in [0.1, 0.15) is 39.5 Å². The number of hydrogen-bond acceptors (Lipinski definition) is 3. The number of rotatable bonds is 6. The van der Waals surface area contributed by atoms with E-state index in [9.17, 15) is 14.7 Å². The molecule has 0 aliphatic heterocycles. The second-order valence-corrected chi connectivity index (χ2v) is 7.08. The fraction of sp³-hybridized carbons (Fsp3) is 0.600. The van der Waals surface area contributed by atoms with Crippen LogP contribution in [-0.4, -0.2) is 40.6 Å². The summed E-state index contributed by atoms with van der Waals surface area (Å²) in [6.07, 6.45) is 0. The molecule has 0 atom stereocenters. The maximum absolute atomic E-state index is 12.3. The standard InChI is InChI=1S/C15H24N2O3S/c1-6-17(15(4,5)12(18)19)13(20)16-10-14(2,3)11-8-7-9-21-11/h7-9H,6,10H2,1-5H3,(H,16,20)(H,18,19). The molecule has 0 saturated heterocycles. The molecule has 1 heterocycles. The van der Waals surface area contributed by atoms with E-state index in [1.54, 1.807) is 18.3 Å². The van der Waals surface area contributed by atoms with Crippen LogP contribution in [0.25, 0.3) is 0 Å². The second kappa shape index (κ2) is 6.47. The van der Waals surface area contributed by atoms with Gasteiger partial charge in [-0.2, -0.15) is 0 Å². The minimum atomic E-state index is -1.23. The third-order valence-corrected chi connectivity index (χ3v) is 4.87. The van der Waals surface area contributed by atoms with E-state index in [4.69, 9.17) is 0 Å². The SMILES string of the molecule is CCN(C(=O)NCC(C)(C)c1cccs1)C(C)(C)C(=O)O. The first-order valence-electron chi connectivity index (χ1n) is 6.95. The lowest BCUT2D eigenvalue weighted by Gasteiger charge is -2.35. The summed E-state index contributed by atoms with van der Waals surface area (Å²) in [4.78, 5) is 26.1. The summed E-state index contributed by atoms with van der Waals surface area (Å²) in [7, 11) is 0. The van der Waals surface area contributed by atoms with Crippen molar-refractivity contribution in [3.05, 3.63) is 22.4 Å². The van der Waals surface area contributed by atoms with Gasteiger partial charge in [-0.25, -0.2) is 9.59 Å². The maximum atomic E-state index is 12.3. The Labute approximate surface area is 130 Å². The number of aliphatic carboxylic acids is 1. The zero-order valence-electron chi connectivity index (χ0n) is 13.3. The number of amides is 2. The summed E-state index contributed by atoms with van der Waals surface area (Å²) < 4.78 is 0. The molecule has 0 bridgehead atoms. The van der Waals surface area contributed by atoms with Crippen LogP contribution in [-0.2, 0) is 10.2 Å². The van der Waals surface area contributed by atoms with Crippen LogP contribution < -0.4 is 5.32 Å². The fourth-order valence-electron chi connectivity index (χ4n) is 2.05. The van der Waals surface area contributed by atoms with Crippen molar-refractivity contribution in [3.8, 4) is 0 Å². The molecule has 0 spiro atoms. The number of carbonyl (C=O) groups excluding carboxylic acids is 1. The highest BCUT2D eigenvalue weighted by atomic mass is 32.1. The van der Waals surface area contributed by atoms with E-state index in [2.05, 4.69) is 19.2 Å². The lowest BCUT2D eigenvalue weighted by atomic mass is 9.91. The molecule has 2 N–H and O–H groups in total. The average Bonchev–Trinajstić information content (AvgIpc) is 2.91. The molecule has 0 fully saturated rings. The Bertz CT molecular complexity index is 495. The van der Waals surface area contributed by atoms with Gasteiger partial charge < -0.3 is 15.3 Å². The Morgan fingerprint density at radius 1 is 1.33 bits per heavy atom. The lowest BCUT2D eigenvalue weighted by Crippen LogP contribution is -2.57. The van der Waals surface area contributed by atoms with Gasteiger partial charge in [0.1, 0.15) is 5.54 Å². The molecule has 0 radical (unpaired) electrons. The molecule has 0 aliphatic carbocycles. The third-order valence-electron chi connectivity index (χ3n) is 3.63. The molecule has 0 unspecified atom stereocenters. The van der Waals surface area contributed by atoms with Gasteiger partial charge >= 0.3 is 12.0 Å². The first kappa shape index (κ1) is 17.5. The molecular formula is C15H24N2O3S. The Hall–Kier alpha value is -1.56. The van der Waals surface area contributed by atoms with E-state index in [1.165, 1.54) is 23.6 Å². The summed E-state index contributed by atoms with van der Waals surface area (Å²) in [6.45, 7) is 9.74. The highest BCUT2D eigenvalue weighted by molar-refractivity contribution is 7.10. The van der Waals surface area contributed by atoms with Gasteiger partial charge in [0.25, 0.3) is 0 Å². The zero-order chi connectivity index (χ0) is 16.3. The van der Waals surface area contributed by atoms with E-state index in [0.29, 0.717) is 13.1 Å². The van der Waals surface area contributed by atoms with Crippen molar-refractivity contribution >= 4 is 23.3 Å². The van der Waals surface area contributed by atoms with Crippen LogP contribution in [0.2, 0.25) is 0 Å². The van der Waals surface area contributed by atoms with Crippen molar-refractivity contribution < 1.29 is 14.7 Å². The van der Waals surface area contributed by atoms with Gasteiger partial charge in [-0.15, -0.1) is 11.3 Å². The number of carbonyl (C=O) groups is 2. The van der Waals surface area contributed by atoms with Crippen molar-refractivity contribution in [1.29, 1.82) is 0 Å². The molecule has 2 amide bonds. The van der Waals surface area contributed by atoms with E-state index in [-0.39, 0.29) is 11.4 Å².